The first kappa shape index (κ1) is 49.3. The fourth-order valence-corrected chi connectivity index (χ4v) is 10.4. The molecule has 0 spiro atoms. The number of amides is 4. The van der Waals surface area contributed by atoms with E-state index in [1.807, 2.05) is 37.9 Å². The van der Waals surface area contributed by atoms with Crippen LogP contribution in [0, 0.1) is 17.3 Å². The normalized spacial score (nSPS) is 24.4. The first-order valence-corrected chi connectivity index (χ1v) is 23.7. The van der Waals surface area contributed by atoms with E-state index in [2.05, 4.69) is 54.8 Å². The number of aryl methyl sites for hydroxylation is 1. The molecule has 7 heterocycles. The topological polar surface area (TPSA) is 192 Å². The fraction of sp³-hybridized carbons (Fsp3) is 0.580. The summed E-state index contributed by atoms with van der Waals surface area (Å²) in [7, 11) is 3.25. The Hall–Kier alpha value is -5.65. The smallest absolute Gasteiger partial charge is 0.327 e. The van der Waals surface area contributed by atoms with Crippen LogP contribution < -0.4 is 15.6 Å². The number of cyclic esters (lactones) is 1. The molecule has 7 rings (SSSR count). The SMILES string of the molecule is C=CC(=O)N1CCC(C(=O)N(C)[C@H](C(=O)N[C@H]2CC3=CC(O)CN(C3)c3cnc4c(c3)c(c(-c3cccnc3[C@H](C)OC)n4CC)CC(C)(C)COC(=O)[C@@]3(C)CCCN(N3)C2=O)C(C)C)C1. The highest BCUT2D eigenvalue weighted by Gasteiger charge is 2.44. The third-order valence-corrected chi connectivity index (χ3v) is 13.9. The van der Waals surface area contributed by atoms with Crippen LogP contribution in [0.15, 0.2) is 54.9 Å². The molecule has 0 aliphatic carbocycles. The van der Waals surface area contributed by atoms with Gasteiger partial charge in [-0.25, -0.2) is 15.2 Å². The number of aromatic nitrogens is 3. The van der Waals surface area contributed by atoms with Crippen LogP contribution in [0.4, 0.5) is 5.69 Å². The quantitative estimate of drug-likeness (QED) is 0.148. The largest absolute Gasteiger partial charge is 0.464 e. The lowest BCUT2D eigenvalue weighted by atomic mass is 9.84. The van der Waals surface area contributed by atoms with Crippen molar-refractivity contribution in [3.8, 4) is 11.3 Å². The Kier molecular flexibility index (Phi) is 14.6. The number of pyridine rings is 2. The number of aliphatic hydroxyl groups excluding tert-OH is 1. The molecule has 362 valence electrons. The minimum Gasteiger partial charge on any atom is -0.464 e. The molecule has 6 atom stereocenters. The van der Waals surface area contributed by atoms with Crippen molar-refractivity contribution >= 4 is 46.3 Å². The van der Waals surface area contributed by atoms with Crippen molar-refractivity contribution in [2.24, 2.45) is 17.3 Å². The van der Waals surface area contributed by atoms with Gasteiger partial charge in [0, 0.05) is 76.0 Å². The maximum Gasteiger partial charge on any atom is 0.327 e. The molecule has 17 heteroatoms. The summed E-state index contributed by atoms with van der Waals surface area (Å²) in [6.45, 7) is 19.4. The second-order valence-corrected chi connectivity index (χ2v) is 20.1. The minimum absolute atomic E-state index is 0.0359. The lowest BCUT2D eigenvalue weighted by Crippen LogP contribution is -2.66. The van der Waals surface area contributed by atoms with E-state index in [4.69, 9.17) is 19.4 Å². The molecule has 4 aliphatic rings. The number of methoxy groups -OCH3 is 1. The predicted octanol–water partition coefficient (Wildman–Crippen LogP) is 4.34. The van der Waals surface area contributed by atoms with Crippen LogP contribution in [0.5, 0.6) is 0 Å². The van der Waals surface area contributed by atoms with Crippen LogP contribution >= 0.6 is 0 Å². The number of aliphatic hydroxyl groups is 1. The summed E-state index contributed by atoms with van der Waals surface area (Å²) in [6.07, 6.45) is 7.24. The average molecular weight is 924 g/mol. The monoisotopic (exact) mass is 924 g/mol. The molecule has 0 aromatic carbocycles. The van der Waals surface area contributed by atoms with Crippen LogP contribution in [-0.2, 0) is 46.4 Å². The highest BCUT2D eigenvalue weighted by molar-refractivity contribution is 5.95. The lowest BCUT2D eigenvalue weighted by Gasteiger charge is -2.42. The highest BCUT2D eigenvalue weighted by Crippen LogP contribution is 2.41. The van der Waals surface area contributed by atoms with E-state index in [1.54, 1.807) is 38.3 Å². The molecule has 0 radical (unpaired) electrons. The Morgan fingerprint density at radius 1 is 1.15 bits per heavy atom. The molecule has 2 saturated heterocycles. The van der Waals surface area contributed by atoms with Crippen molar-refractivity contribution in [2.75, 3.05) is 58.4 Å². The van der Waals surface area contributed by atoms with Crippen molar-refractivity contribution in [3.63, 3.8) is 0 Å². The Bertz CT molecular complexity index is 2430. The molecular formula is C50H69N9O8. The van der Waals surface area contributed by atoms with Gasteiger partial charge in [-0.1, -0.05) is 40.3 Å². The maximum atomic E-state index is 14.9. The first-order valence-electron chi connectivity index (χ1n) is 23.7. The number of esters is 1. The molecule has 2 unspecified atom stereocenters. The van der Waals surface area contributed by atoms with E-state index in [0.29, 0.717) is 50.9 Å². The van der Waals surface area contributed by atoms with Crippen molar-refractivity contribution in [1.29, 1.82) is 0 Å². The molecule has 3 aromatic heterocycles. The third-order valence-electron chi connectivity index (χ3n) is 13.9. The fourth-order valence-electron chi connectivity index (χ4n) is 10.4. The van der Waals surface area contributed by atoms with E-state index in [-0.39, 0.29) is 56.5 Å². The molecule has 4 amide bonds. The Labute approximate surface area is 393 Å². The van der Waals surface area contributed by atoms with Crippen LogP contribution in [0.25, 0.3) is 22.3 Å². The second-order valence-electron chi connectivity index (χ2n) is 20.1. The molecule has 3 N–H and O–H groups in total. The zero-order valence-electron chi connectivity index (χ0n) is 40.6. The summed E-state index contributed by atoms with van der Waals surface area (Å²) >= 11 is 0. The van der Waals surface area contributed by atoms with Gasteiger partial charge >= 0.3 is 5.97 Å². The van der Waals surface area contributed by atoms with Crippen molar-refractivity contribution < 1.29 is 38.6 Å². The standard InChI is InChI=1S/C50H69N9O8/c1-11-40(61)56-20-16-33(27-56)46(63)55(9)42(30(3)4)45(62)53-39-22-32-21-35(60)28-57(26-32)34-23-37-38(24-49(6,7)29-67-48(65)50(8)17-14-19-59(54-50)47(39)64)43(58(12-2)44(37)52-25-34)36-15-13-18-51-41(36)31(5)66-10/h11,13,15,18,21,23,25,30-31,33,35,39,42,54,60H,1,12,14,16-17,19-20,22,24,26-29H2,2-10H3,(H,53,62)/t31-,33?,35?,39-,42-,50+/m0/s1. The summed E-state index contributed by atoms with van der Waals surface area (Å²) in [5, 5.41) is 16.8. The van der Waals surface area contributed by atoms with Gasteiger partial charge in [-0.05, 0) is 94.2 Å². The van der Waals surface area contributed by atoms with Gasteiger partial charge in [0.05, 0.1) is 48.0 Å². The predicted molar refractivity (Wildman–Crippen MR) is 254 cm³/mol. The van der Waals surface area contributed by atoms with E-state index in [9.17, 15) is 29.1 Å². The number of likely N-dealkylation sites (tertiary alicyclic amines) is 1. The number of nitrogens with one attached hydrogen (secondary N) is 2. The molecule has 2 fully saturated rings. The van der Waals surface area contributed by atoms with Gasteiger partial charge in [0.15, 0.2) is 0 Å². The number of ether oxygens (including phenoxy) is 2. The number of hydrogen-bond donors (Lipinski definition) is 3. The highest BCUT2D eigenvalue weighted by atomic mass is 16.5. The Balaban J connectivity index is 1.28. The van der Waals surface area contributed by atoms with Gasteiger partial charge in [0.1, 0.15) is 23.3 Å². The van der Waals surface area contributed by atoms with Crippen molar-refractivity contribution in [3.05, 3.63) is 66.2 Å². The molecule has 3 aromatic rings. The number of hydrogen-bond acceptors (Lipinski definition) is 12. The average Bonchev–Trinajstić information content (AvgIpc) is 3.92. The molecule has 6 bridgehead atoms. The van der Waals surface area contributed by atoms with Crippen LogP contribution in [0.2, 0.25) is 0 Å². The lowest BCUT2D eigenvalue weighted by molar-refractivity contribution is -0.162. The number of likely N-dealkylation sites (N-methyl/N-ethyl adjacent to an activating group) is 1. The maximum absolute atomic E-state index is 14.9. The van der Waals surface area contributed by atoms with Gasteiger partial charge in [0.25, 0.3) is 5.91 Å². The number of nitrogens with zero attached hydrogens (tertiary/aromatic N) is 7. The summed E-state index contributed by atoms with van der Waals surface area (Å²) in [5.74, 6) is -2.85. The van der Waals surface area contributed by atoms with Crippen molar-refractivity contribution in [1.82, 2.24) is 40.1 Å². The van der Waals surface area contributed by atoms with Gasteiger partial charge in [-0.2, -0.15) is 0 Å². The molecule has 0 saturated carbocycles. The second kappa shape index (κ2) is 19.9. The zero-order chi connectivity index (χ0) is 48.5. The van der Waals surface area contributed by atoms with Crippen LogP contribution in [0.3, 0.4) is 0 Å². The number of hydrazine groups is 1. The molecule has 17 nitrogen and oxygen atoms in total. The van der Waals surface area contributed by atoms with E-state index >= 15 is 0 Å². The third kappa shape index (κ3) is 10.1. The van der Waals surface area contributed by atoms with Gasteiger partial charge in [0.2, 0.25) is 17.7 Å². The summed E-state index contributed by atoms with van der Waals surface area (Å²) in [5.41, 5.74) is 7.28. The van der Waals surface area contributed by atoms with Gasteiger partial charge < -0.3 is 39.2 Å². The van der Waals surface area contributed by atoms with Crippen LogP contribution in [0.1, 0.15) is 91.5 Å². The summed E-state index contributed by atoms with van der Waals surface area (Å²) < 4.78 is 14.2. The molecule has 4 aliphatic heterocycles. The number of rotatable bonds is 10. The zero-order valence-corrected chi connectivity index (χ0v) is 40.6. The van der Waals surface area contributed by atoms with E-state index in [0.717, 1.165) is 39.2 Å². The number of fused-ring (bicyclic) bond motifs is 6. The summed E-state index contributed by atoms with van der Waals surface area (Å²) in [4.78, 5) is 84.9. The molecular weight excluding hydrogens is 855 g/mol. The minimum atomic E-state index is -1.26. The van der Waals surface area contributed by atoms with Crippen molar-refractivity contribution in [2.45, 2.75) is 117 Å². The first-order chi connectivity index (χ1) is 31.8. The number of carbonyl (C=O) groups excluding carboxylic acids is 5. The summed E-state index contributed by atoms with van der Waals surface area (Å²) in [6, 6.07) is 3.98. The van der Waals surface area contributed by atoms with E-state index in [1.165, 1.54) is 16.0 Å². The Morgan fingerprint density at radius 3 is 2.61 bits per heavy atom. The number of carbonyl (C=O) groups is 5. The van der Waals surface area contributed by atoms with E-state index < -0.39 is 52.8 Å². The Morgan fingerprint density at radius 2 is 1.91 bits per heavy atom. The number of anilines is 1. The van der Waals surface area contributed by atoms with Gasteiger partial charge in [-0.3, -0.25) is 29.2 Å². The van der Waals surface area contributed by atoms with Crippen LogP contribution in [-0.4, -0.2) is 141 Å². The van der Waals surface area contributed by atoms with Gasteiger partial charge in [-0.15, -0.1) is 0 Å². The molecule has 67 heavy (non-hydrogen) atoms.